The van der Waals surface area contributed by atoms with E-state index >= 15 is 0 Å². The molecule has 0 N–H and O–H groups in total. The van der Waals surface area contributed by atoms with Gasteiger partial charge in [-0.3, -0.25) is 0 Å². The summed E-state index contributed by atoms with van der Waals surface area (Å²) >= 11 is 0. The Morgan fingerprint density at radius 3 is 1.53 bits per heavy atom. The van der Waals surface area contributed by atoms with E-state index in [1.807, 2.05) is 6.07 Å². The van der Waals surface area contributed by atoms with Crippen LogP contribution in [0.15, 0.2) is 206 Å². The molecule has 0 unspecified atom stereocenters. The van der Waals surface area contributed by atoms with Gasteiger partial charge in [0.05, 0.1) is 11.4 Å². The van der Waals surface area contributed by atoms with Gasteiger partial charge < -0.3 is 0 Å². The van der Waals surface area contributed by atoms with Crippen molar-refractivity contribution in [2.24, 2.45) is 0 Å². The lowest BCUT2D eigenvalue weighted by molar-refractivity contribution is 0.663. The highest BCUT2D eigenvalue weighted by molar-refractivity contribution is 6.05. The van der Waals surface area contributed by atoms with Crippen LogP contribution in [0.5, 0.6) is 0 Å². The van der Waals surface area contributed by atoms with Crippen LogP contribution in [-0.4, -0.2) is 9.97 Å². The minimum atomic E-state index is -0.146. The summed E-state index contributed by atoms with van der Waals surface area (Å²) in [5, 5.41) is 4.86. The van der Waals surface area contributed by atoms with Gasteiger partial charge in [0, 0.05) is 22.1 Å². The first kappa shape index (κ1) is 34.8. The quantitative estimate of drug-likeness (QED) is 0.169. The summed E-state index contributed by atoms with van der Waals surface area (Å²) in [6.45, 7) is 4.76. The maximum absolute atomic E-state index is 5.28. The molecule has 0 spiro atoms. The van der Waals surface area contributed by atoms with Crippen LogP contribution in [0.4, 0.5) is 0 Å². The van der Waals surface area contributed by atoms with Crippen molar-refractivity contribution < 1.29 is 0 Å². The fourth-order valence-corrected chi connectivity index (χ4v) is 9.34. The van der Waals surface area contributed by atoms with E-state index in [0.717, 1.165) is 33.5 Å². The largest absolute Gasteiger partial charge is 0.228 e. The molecule has 1 aliphatic carbocycles. The Labute approximate surface area is 345 Å². The second-order valence-corrected chi connectivity index (χ2v) is 16.2. The Hall–Kier alpha value is -7.42. The summed E-state index contributed by atoms with van der Waals surface area (Å²) in [5.41, 5.74) is 17.5. The number of nitrogens with zero attached hydrogens (tertiary/aromatic N) is 2. The lowest BCUT2D eigenvalue weighted by Crippen LogP contribution is -2.16. The molecule has 10 aromatic rings. The zero-order valence-corrected chi connectivity index (χ0v) is 33.0. The number of rotatable bonds is 6. The average Bonchev–Trinajstić information content (AvgIpc) is 3.53. The van der Waals surface area contributed by atoms with Gasteiger partial charge in [0.1, 0.15) is 0 Å². The summed E-state index contributed by atoms with van der Waals surface area (Å²) in [7, 11) is 0. The second-order valence-electron chi connectivity index (χ2n) is 16.2. The van der Waals surface area contributed by atoms with Crippen LogP contribution in [0.3, 0.4) is 0 Å². The maximum atomic E-state index is 5.28. The van der Waals surface area contributed by atoms with Crippen LogP contribution in [0.1, 0.15) is 25.0 Å². The first-order chi connectivity index (χ1) is 29.0. The van der Waals surface area contributed by atoms with Crippen LogP contribution in [0.2, 0.25) is 0 Å². The monoisotopic (exact) mass is 752 g/mol. The van der Waals surface area contributed by atoms with Gasteiger partial charge in [-0.25, -0.2) is 9.97 Å². The molecule has 1 aromatic heterocycles. The smallest absolute Gasteiger partial charge is 0.161 e. The van der Waals surface area contributed by atoms with E-state index < -0.39 is 0 Å². The molecule has 0 saturated carbocycles. The van der Waals surface area contributed by atoms with Crippen molar-refractivity contribution in [3.05, 3.63) is 217 Å². The van der Waals surface area contributed by atoms with Gasteiger partial charge in [-0.15, -0.1) is 0 Å². The molecular weight excluding hydrogens is 713 g/mol. The molecule has 0 aliphatic heterocycles. The summed E-state index contributed by atoms with van der Waals surface area (Å²) < 4.78 is 0. The fourth-order valence-electron chi connectivity index (χ4n) is 9.34. The number of aromatic nitrogens is 2. The van der Waals surface area contributed by atoms with Crippen molar-refractivity contribution in [1.29, 1.82) is 0 Å². The number of fused-ring (bicyclic) bond motifs is 5. The van der Waals surface area contributed by atoms with Crippen molar-refractivity contribution in [3.63, 3.8) is 0 Å². The van der Waals surface area contributed by atoms with Crippen molar-refractivity contribution in [3.8, 4) is 78.4 Å². The summed E-state index contributed by atoms with van der Waals surface area (Å²) in [6.07, 6.45) is 0. The Balaban J connectivity index is 1.02. The Kier molecular flexibility index (Phi) is 8.20. The Bertz CT molecular complexity index is 3220. The molecule has 0 fully saturated rings. The third kappa shape index (κ3) is 5.96. The highest BCUT2D eigenvalue weighted by atomic mass is 14.9. The molecule has 0 bridgehead atoms. The fraction of sp³-hybridized carbons (Fsp3) is 0.0526. The van der Waals surface area contributed by atoms with E-state index in [-0.39, 0.29) is 5.41 Å². The van der Waals surface area contributed by atoms with Crippen molar-refractivity contribution in [2.75, 3.05) is 0 Å². The predicted octanol–water partition coefficient (Wildman–Crippen LogP) is 15.1. The van der Waals surface area contributed by atoms with E-state index in [0.29, 0.717) is 5.82 Å². The standard InChI is InChI=1S/C57H40N2/c1-57(2)52-35-42-20-10-9-19-41(42)34-51(52)49-26-14-25-46(55(49)57)44-22-13-21-43(33-44)45-31-32-50(48-24-12-11-23-47(45)48)56-58-53(39-17-7-4-8-18-39)36-54(59-56)40-29-27-38(28-30-40)37-15-5-3-6-16-37/h3-36H,1-2H3. The molecule has 0 amide bonds. The van der Waals surface area contributed by atoms with Crippen LogP contribution in [0, 0.1) is 0 Å². The number of hydrogen-bond donors (Lipinski definition) is 0. The molecular formula is C57H40N2. The lowest BCUT2D eigenvalue weighted by atomic mass is 9.78. The molecule has 0 radical (unpaired) electrons. The maximum Gasteiger partial charge on any atom is 0.161 e. The third-order valence-corrected chi connectivity index (χ3v) is 12.3. The highest BCUT2D eigenvalue weighted by Gasteiger charge is 2.37. The highest BCUT2D eigenvalue weighted by Crippen LogP contribution is 2.53. The molecule has 2 heteroatoms. The predicted molar refractivity (Wildman–Crippen MR) is 247 cm³/mol. The van der Waals surface area contributed by atoms with Gasteiger partial charge in [-0.05, 0) is 108 Å². The van der Waals surface area contributed by atoms with Crippen molar-refractivity contribution in [1.82, 2.24) is 9.97 Å². The summed E-state index contributed by atoms with van der Waals surface area (Å²) in [6, 6.07) is 74.3. The zero-order chi connectivity index (χ0) is 39.5. The Morgan fingerprint density at radius 1 is 0.322 bits per heavy atom. The van der Waals surface area contributed by atoms with Crippen molar-refractivity contribution >= 4 is 21.5 Å². The normalized spacial score (nSPS) is 12.7. The van der Waals surface area contributed by atoms with Gasteiger partial charge in [0.15, 0.2) is 5.82 Å². The molecule has 2 nitrogen and oxygen atoms in total. The lowest BCUT2D eigenvalue weighted by Gasteiger charge is -2.25. The van der Waals surface area contributed by atoms with E-state index in [1.54, 1.807) is 0 Å². The third-order valence-electron chi connectivity index (χ3n) is 12.3. The topological polar surface area (TPSA) is 25.8 Å². The van der Waals surface area contributed by atoms with Crippen LogP contribution in [0.25, 0.3) is 100.0 Å². The van der Waals surface area contributed by atoms with Crippen LogP contribution >= 0.6 is 0 Å². The van der Waals surface area contributed by atoms with Crippen molar-refractivity contribution in [2.45, 2.75) is 19.3 Å². The van der Waals surface area contributed by atoms with E-state index in [2.05, 4.69) is 214 Å². The van der Waals surface area contributed by atoms with Crippen LogP contribution < -0.4 is 0 Å². The van der Waals surface area contributed by atoms with Gasteiger partial charge >= 0.3 is 0 Å². The number of hydrogen-bond acceptors (Lipinski definition) is 2. The molecule has 11 rings (SSSR count). The molecule has 9 aromatic carbocycles. The van der Waals surface area contributed by atoms with Crippen LogP contribution in [-0.2, 0) is 5.41 Å². The van der Waals surface area contributed by atoms with E-state index in [9.17, 15) is 0 Å². The molecule has 0 atom stereocenters. The van der Waals surface area contributed by atoms with E-state index in [1.165, 1.54) is 71.8 Å². The molecule has 278 valence electrons. The van der Waals surface area contributed by atoms with Gasteiger partial charge in [-0.2, -0.15) is 0 Å². The Morgan fingerprint density at radius 2 is 0.814 bits per heavy atom. The van der Waals surface area contributed by atoms with Gasteiger partial charge in [0.25, 0.3) is 0 Å². The molecule has 1 heterocycles. The molecule has 59 heavy (non-hydrogen) atoms. The molecule has 0 saturated heterocycles. The van der Waals surface area contributed by atoms with Gasteiger partial charge in [0.2, 0.25) is 0 Å². The van der Waals surface area contributed by atoms with E-state index in [4.69, 9.17) is 9.97 Å². The van der Waals surface area contributed by atoms with Gasteiger partial charge in [-0.1, -0.05) is 190 Å². The number of benzene rings is 9. The summed E-state index contributed by atoms with van der Waals surface area (Å²) in [4.78, 5) is 10.5. The first-order valence-corrected chi connectivity index (χ1v) is 20.4. The zero-order valence-electron chi connectivity index (χ0n) is 33.0. The first-order valence-electron chi connectivity index (χ1n) is 20.4. The second kappa shape index (κ2) is 13.9. The minimum Gasteiger partial charge on any atom is -0.228 e. The molecule has 1 aliphatic rings. The average molecular weight is 753 g/mol. The SMILES string of the molecule is CC1(C)c2cc3ccccc3cc2-c2cccc(-c3cccc(-c4ccc(-c5nc(-c6ccccc6)cc(-c6ccc(-c7ccccc7)cc6)n5)c5ccccc45)c3)c21. The summed E-state index contributed by atoms with van der Waals surface area (Å²) in [5.74, 6) is 0.708. The minimum absolute atomic E-state index is 0.146.